The van der Waals surface area contributed by atoms with Crippen molar-refractivity contribution in [1.29, 1.82) is 0 Å². The lowest BCUT2D eigenvalue weighted by atomic mass is 9.65. The molecule has 0 saturated heterocycles. The summed E-state index contributed by atoms with van der Waals surface area (Å²) in [4.78, 5) is 11.7. The average Bonchev–Trinajstić information content (AvgIpc) is 2.34. The van der Waals surface area contributed by atoms with Crippen LogP contribution in [0.3, 0.4) is 0 Å². The molecule has 12 heavy (non-hydrogen) atoms. The molecule has 0 aliphatic heterocycles. The average molecular weight is 166 g/mol. The number of allylic oxidation sites excluding steroid dienone is 1. The largest absolute Gasteiger partial charge is 0.299 e. The van der Waals surface area contributed by atoms with Crippen LogP contribution in [-0.4, -0.2) is 5.78 Å². The van der Waals surface area contributed by atoms with E-state index >= 15 is 0 Å². The molecule has 1 heteroatoms. The molecular weight excluding hydrogens is 148 g/mol. The molecule has 1 unspecified atom stereocenters. The second-order valence-corrected chi connectivity index (χ2v) is 4.53. The maximum Gasteiger partial charge on any atom is 0.139 e. The molecular formula is C11H18O. The van der Waals surface area contributed by atoms with Crippen molar-refractivity contribution in [3.05, 3.63) is 12.7 Å². The Kier molecular flexibility index (Phi) is 2.15. The predicted molar refractivity (Wildman–Crippen MR) is 50.9 cm³/mol. The first kappa shape index (κ1) is 9.50. The van der Waals surface area contributed by atoms with E-state index in [1.165, 1.54) is 0 Å². The second kappa shape index (κ2) is 2.72. The Labute approximate surface area is 74.9 Å². The van der Waals surface area contributed by atoms with Crippen LogP contribution in [0.15, 0.2) is 12.7 Å². The molecule has 0 heterocycles. The van der Waals surface area contributed by atoms with Crippen molar-refractivity contribution in [3.63, 3.8) is 0 Å². The molecule has 0 aromatic carbocycles. The van der Waals surface area contributed by atoms with Gasteiger partial charge in [0.1, 0.15) is 5.78 Å². The number of Topliss-reactive ketones (excluding diaryl/α,β-unsaturated/α-hetero) is 1. The van der Waals surface area contributed by atoms with Crippen LogP contribution in [0.4, 0.5) is 0 Å². The molecule has 1 nitrogen and oxygen atoms in total. The van der Waals surface area contributed by atoms with Gasteiger partial charge in [-0.2, -0.15) is 0 Å². The molecule has 1 fully saturated rings. The van der Waals surface area contributed by atoms with Crippen LogP contribution in [0.1, 0.15) is 40.0 Å². The first-order valence-electron chi connectivity index (χ1n) is 4.61. The summed E-state index contributed by atoms with van der Waals surface area (Å²) in [7, 11) is 0. The highest BCUT2D eigenvalue weighted by Crippen LogP contribution is 2.48. The summed E-state index contributed by atoms with van der Waals surface area (Å²) in [6, 6.07) is 0. The molecule has 1 saturated carbocycles. The third kappa shape index (κ3) is 1.12. The van der Waals surface area contributed by atoms with Crippen molar-refractivity contribution >= 4 is 5.78 Å². The van der Waals surface area contributed by atoms with Gasteiger partial charge in [-0.25, -0.2) is 0 Å². The standard InChI is InChI=1S/C11H18O/c1-5-10(2,3)11(4)8-6-7-9(11)12/h5H,1,6-8H2,2-4H3. The Morgan fingerprint density at radius 3 is 2.50 bits per heavy atom. The Bertz CT molecular complexity index is 215. The van der Waals surface area contributed by atoms with Gasteiger partial charge < -0.3 is 0 Å². The van der Waals surface area contributed by atoms with E-state index in [0.29, 0.717) is 5.78 Å². The van der Waals surface area contributed by atoms with Gasteiger partial charge in [0.15, 0.2) is 0 Å². The SMILES string of the molecule is C=CC(C)(C)C1(C)CCCC1=O. The minimum Gasteiger partial charge on any atom is -0.299 e. The minimum atomic E-state index is -0.158. The van der Waals surface area contributed by atoms with Crippen LogP contribution in [0.25, 0.3) is 0 Å². The van der Waals surface area contributed by atoms with Crippen LogP contribution in [-0.2, 0) is 4.79 Å². The van der Waals surface area contributed by atoms with Crippen molar-refractivity contribution in [3.8, 4) is 0 Å². The van der Waals surface area contributed by atoms with E-state index < -0.39 is 0 Å². The lowest BCUT2D eigenvalue weighted by Crippen LogP contribution is -2.37. The number of carbonyl (C=O) groups excluding carboxylic acids is 1. The zero-order chi connectivity index (χ0) is 9.41. The Balaban J connectivity index is 2.98. The van der Waals surface area contributed by atoms with Crippen LogP contribution in [0, 0.1) is 10.8 Å². The van der Waals surface area contributed by atoms with Crippen LogP contribution in [0.5, 0.6) is 0 Å². The van der Waals surface area contributed by atoms with Gasteiger partial charge in [-0.05, 0) is 18.3 Å². The number of rotatable bonds is 2. The zero-order valence-corrected chi connectivity index (χ0v) is 8.31. The zero-order valence-electron chi connectivity index (χ0n) is 8.31. The van der Waals surface area contributed by atoms with Crippen molar-refractivity contribution in [2.24, 2.45) is 10.8 Å². The summed E-state index contributed by atoms with van der Waals surface area (Å²) in [6.07, 6.45) is 4.74. The fraction of sp³-hybridized carbons (Fsp3) is 0.727. The minimum absolute atomic E-state index is 0.0550. The quantitative estimate of drug-likeness (QED) is 0.576. The maximum absolute atomic E-state index is 11.7. The van der Waals surface area contributed by atoms with Gasteiger partial charge in [-0.15, -0.1) is 6.58 Å². The molecule has 0 radical (unpaired) electrons. The van der Waals surface area contributed by atoms with E-state index in [1.54, 1.807) is 0 Å². The smallest absolute Gasteiger partial charge is 0.139 e. The Morgan fingerprint density at radius 1 is 1.58 bits per heavy atom. The van der Waals surface area contributed by atoms with Crippen LogP contribution in [0.2, 0.25) is 0 Å². The maximum atomic E-state index is 11.7. The summed E-state index contributed by atoms with van der Waals surface area (Å²) < 4.78 is 0. The summed E-state index contributed by atoms with van der Waals surface area (Å²) in [5.41, 5.74) is -0.213. The van der Waals surface area contributed by atoms with Gasteiger partial charge in [0.05, 0.1) is 0 Å². The van der Waals surface area contributed by atoms with Crippen molar-refractivity contribution < 1.29 is 4.79 Å². The highest BCUT2D eigenvalue weighted by atomic mass is 16.1. The molecule has 1 rings (SSSR count). The van der Waals surface area contributed by atoms with Crippen molar-refractivity contribution in [1.82, 2.24) is 0 Å². The number of ketones is 1. The third-order valence-electron chi connectivity index (χ3n) is 3.63. The third-order valence-corrected chi connectivity index (χ3v) is 3.63. The lowest BCUT2D eigenvalue weighted by molar-refractivity contribution is -0.129. The number of hydrogen-bond donors (Lipinski definition) is 0. The highest BCUT2D eigenvalue weighted by molar-refractivity contribution is 5.87. The van der Waals surface area contributed by atoms with Crippen LogP contribution < -0.4 is 0 Å². The van der Waals surface area contributed by atoms with Gasteiger partial charge in [0.2, 0.25) is 0 Å². The first-order valence-corrected chi connectivity index (χ1v) is 4.61. The molecule has 68 valence electrons. The van der Waals surface area contributed by atoms with Crippen LogP contribution >= 0.6 is 0 Å². The number of carbonyl (C=O) groups is 1. The van der Waals surface area contributed by atoms with Crippen molar-refractivity contribution in [2.75, 3.05) is 0 Å². The molecule has 0 amide bonds. The second-order valence-electron chi connectivity index (χ2n) is 4.53. The number of hydrogen-bond acceptors (Lipinski definition) is 1. The normalized spacial score (nSPS) is 30.8. The van der Waals surface area contributed by atoms with E-state index in [-0.39, 0.29) is 10.8 Å². The first-order chi connectivity index (χ1) is 5.44. The molecule has 0 bridgehead atoms. The van der Waals surface area contributed by atoms with Gasteiger partial charge >= 0.3 is 0 Å². The van der Waals surface area contributed by atoms with E-state index in [1.807, 2.05) is 6.08 Å². The van der Waals surface area contributed by atoms with Gasteiger partial charge in [0.25, 0.3) is 0 Å². The molecule has 1 aliphatic rings. The predicted octanol–water partition coefficient (Wildman–Crippen LogP) is 2.96. The molecule has 1 atom stereocenters. The summed E-state index contributed by atoms with van der Waals surface area (Å²) in [6.45, 7) is 10.1. The van der Waals surface area contributed by atoms with Gasteiger partial charge in [-0.3, -0.25) is 4.79 Å². The molecule has 0 aromatic rings. The van der Waals surface area contributed by atoms with E-state index in [0.717, 1.165) is 19.3 Å². The molecule has 1 aliphatic carbocycles. The van der Waals surface area contributed by atoms with E-state index in [4.69, 9.17) is 0 Å². The van der Waals surface area contributed by atoms with Gasteiger partial charge in [-0.1, -0.05) is 26.8 Å². The summed E-state index contributed by atoms with van der Waals surface area (Å²) >= 11 is 0. The lowest BCUT2D eigenvalue weighted by Gasteiger charge is -2.37. The summed E-state index contributed by atoms with van der Waals surface area (Å²) in [5.74, 6) is 0.410. The fourth-order valence-electron chi connectivity index (χ4n) is 1.92. The Hall–Kier alpha value is -0.590. The van der Waals surface area contributed by atoms with E-state index in [2.05, 4.69) is 27.4 Å². The van der Waals surface area contributed by atoms with Gasteiger partial charge in [0, 0.05) is 11.8 Å². The monoisotopic (exact) mass is 166 g/mol. The summed E-state index contributed by atoms with van der Waals surface area (Å²) in [5, 5.41) is 0. The molecule has 0 aromatic heterocycles. The Morgan fingerprint density at radius 2 is 2.17 bits per heavy atom. The van der Waals surface area contributed by atoms with Crippen molar-refractivity contribution in [2.45, 2.75) is 40.0 Å². The van der Waals surface area contributed by atoms with E-state index in [9.17, 15) is 4.79 Å². The topological polar surface area (TPSA) is 17.1 Å². The molecule has 0 spiro atoms. The molecule has 0 N–H and O–H groups in total. The highest BCUT2D eigenvalue weighted by Gasteiger charge is 2.47. The fourth-order valence-corrected chi connectivity index (χ4v) is 1.92.